The highest BCUT2D eigenvalue weighted by Gasteiger charge is 2.26. The normalized spacial score (nSPS) is 16.5. The number of carbonyl (C=O) groups is 3. The minimum absolute atomic E-state index is 0.0151. The van der Waals surface area contributed by atoms with E-state index in [0.717, 1.165) is 48.4 Å². The molecular weight excluding hydrogens is 430 g/mol. The lowest BCUT2D eigenvalue weighted by Crippen LogP contribution is -2.39. The molecule has 1 atom stereocenters. The Kier molecular flexibility index (Phi) is 7.63. The Balaban J connectivity index is 1.52. The first-order valence-electron chi connectivity index (χ1n) is 12.0. The fourth-order valence-electron chi connectivity index (χ4n) is 4.66. The van der Waals surface area contributed by atoms with Crippen molar-refractivity contribution in [3.05, 3.63) is 59.2 Å². The van der Waals surface area contributed by atoms with E-state index in [2.05, 4.69) is 10.2 Å². The Morgan fingerprint density at radius 2 is 1.91 bits per heavy atom. The number of hydrogen-bond acceptors (Lipinski definition) is 5. The van der Waals surface area contributed by atoms with Gasteiger partial charge in [-0.2, -0.15) is 0 Å². The first kappa shape index (κ1) is 24.0. The summed E-state index contributed by atoms with van der Waals surface area (Å²) in [6.45, 7) is 4.34. The predicted octanol–water partition coefficient (Wildman–Crippen LogP) is 3.38. The first-order valence-corrected chi connectivity index (χ1v) is 12.0. The highest BCUT2D eigenvalue weighted by Crippen LogP contribution is 2.28. The zero-order valence-corrected chi connectivity index (χ0v) is 20.0. The molecule has 7 nitrogen and oxygen atoms in total. The van der Waals surface area contributed by atoms with Gasteiger partial charge in [0.25, 0.3) is 0 Å². The van der Waals surface area contributed by atoms with Crippen LogP contribution in [0.2, 0.25) is 0 Å². The average molecular weight is 464 g/mol. The lowest BCUT2D eigenvalue weighted by atomic mass is 9.99. The summed E-state index contributed by atoms with van der Waals surface area (Å²) in [4.78, 5) is 40.7. The Bertz CT molecular complexity index is 1060. The number of fused-ring (bicyclic) bond motifs is 1. The van der Waals surface area contributed by atoms with Crippen LogP contribution in [0.3, 0.4) is 0 Å². The molecule has 7 heteroatoms. The number of ether oxygens (including phenoxy) is 1. The lowest BCUT2D eigenvalue weighted by Gasteiger charge is -2.32. The number of amides is 2. The Hall–Kier alpha value is -3.19. The number of nitrogens with zero attached hydrogens (tertiary/aromatic N) is 2. The number of likely N-dealkylation sites (tertiary alicyclic amines) is 1. The Morgan fingerprint density at radius 1 is 1.12 bits per heavy atom. The second kappa shape index (κ2) is 10.8. The Morgan fingerprint density at radius 3 is 2.68 bits per heavy atom. The highest BCUT2D eigenvalue weighted by atomic mass is 16.5. The van der Waals surface area contributed by atoms with Crippen LogP contribution in [0.5, 0.6) is 5.75 Å². The second-order valence-electron chi connectivity index (χ2n) is 9.31. The van der Waals surface area contributed by atoms with Gasteiger partial charge in [0.15, 0.2) is 5.78 Å². The number of carbonyl (C=O) groups excluding carboxylic acids is 3. The van der Waals surface area contributed by atoms with Crippen LogP contribution < -0.4 is 10.1 Å². The Labute approximate surface area is 201 Å². The molecule has 2 amide bonds. The molecule has 2 aromatic rings. The number of Topliss-reactive ketones (excluding diaryl/α,β-unsaturated/α-hetero) is 1. The molecular formula is C27H33N3O4. The second-order valence-corrected chi connectivity index (χ2v) is 9.31. The van der Waals surface area contributed by atoms with E-state index in [0.29, 0.717) is 12.2 Å². The number of likely N-dealkylation sites (N-methyl/N-ethyl adjacent to an activating group) is 1. The van der Waals surface area contributed by atoms with Crippen molar-refractivity contribution in [3.8, 4) is 5.75 Å². The van der Waals surface area contributed by atoms with Crippen LogP contribution in [0, 0.1) is 0 Å². The zero-order valence-electron chi connectivity index (χ0n) is 20.0. The zero-order chi connectivity index (χ0) is 24.1. The molecule has 1 saturated heterocycles. The maximum absolute atomic E-state index is 13.4. The highest BCUT2D eigenvalue weighted by molar-refractivity contribution is 5.94. The molecule has 0 aliphatic carbocycles. The average Bonchev–Trinajstić information content (AvgIpc) is 3.34. The molecule has 0 saturated carbocycles. The number of ketones is 1. The van der Waals surface area contributed by atoms with Gasteiger partial charge in [0.1, 0.15) is 12.4 Å². The fraction of sp³-hybridized carbons (Fsp3) is 0.444. The summed E-state index contributed by atoms with van der Waals surface area (Å²) >= 11 is 0. The van der Waals surface area contributed by atoms with Crippen LogP contribution in [0.1, 0.15) is 48.9 Å². The summed E-state index contributed by atoms with van der Waals surface area (Å²) in [5.41, 5.74) is 3.80. The molecule has 1 unspecified atom stereocenters. The first-order chi connectivity index (χ1) is 16.4. The quantitative estimate of drug-likeness (QED) is 0.617. The minimum Gasteiger partial charge on any atom is -0.486 e. The molecule has 2 aromatic carbocycles. The van der Waals surface area contributed by atoms with Crippen molar-refractivity contribution in [2.45, 2.75) is 45.1 Å². The van der Waals surface area contributed by atoms with E-state index >= 15 is 0 Å². The van der Waals surface area contributed by atoms with Crippen LogP contribution in [0.15, 0.2) is 42.5 Å². The van der Waals surface area contributed by atoms with Crippen molar-refractivity contribution in [1.29, 1.82) is 0 Å². The number of rotatable bonds is 9. The molecule has 0 radical (unpaired) electrons. The largest absolute Gasteiger partial charge is 0.486 e. The summed E-state index contributed by atoms with van der Waals surface area (Å²) in [6.07, 6.45) is 3.84. The van der Waals surface area contributed by atoms with Crippen LogP contribution in [0.4, 0.5) is 5.69 Å². The summed E-state index contributed by atoms with van der Waals surface area (Å²) in [7, 11) is 1.85. The maximum Gasteiger partial charge on any atom is 0.227 e. The third-order valence-electron chi connectivity index (χ3n) is 6.60. The summed E-state index contributed by atoms with van der Waals surface area (Å²) < 4.78 is 5.62. The monoisotopic (exact) mass is 463 g/mol. The number of aryl methyl sites for hydroxylation is 1. The van der Waals surface area contributed by atoms with Crippen LogP contribution >= 0.6 is 0 Å². The van der Waals surface area contributed by atoms with Crippen molar-refractivity contribution in [3.63, 3.8) is 0 Å². The van der Waals surface area contributed by atoms with Gasteiger partial charge in [-0.05, 0) is 74.2 Å². The SMILES string of the molecule is CC(=O)COc1cccc(C(CN2CCCC2)N(C)C(=O)Cc2ccc3c(c2)NC(=O)CC3)c1. The smallest absolute Gasteiger partial charge is 0.227 e. The summed E-state index contributed by atoms with van der Waals surface area (Å²) in [5, 5.41) is 2.92. The molecule has 2 heterocycles. The van der Waals surface area contributed by atoms with Gasteiger partial charge in [0.05, 0.1) is 12.5 Å². The number of hydrogen-bond donors (Lipinski definition) is 1. The third-order valence-corrected chi connectivity index (χ3v) is 6.60. The molecule has 2 aliphatic heterocycles. The van der Waals surface area contributed by atoms with Crippen molar-refractivity contribution >= 4 is 23.3 Å². The van der Waals surface area contributed by atoms with Gasteiger partial charge in [-0.3, -0.25) is 14.4 Å². The standard InChI is InChI=1S/C27H33N3O4/c1-19(31)18-34-23-7-5-6-22(16-23)25(17-30-12-3-4-13-30)29(2)27(33)15-20-8-9-21-10-11-26(32)28-24(21)14-20/h5-9,14,16,25H,3-4,10-13,15,17-18H2,1-2H3,(H,28,32). The minimum atomic E-state index is -0.135. The molecule has 34 heavy (non-hydrogen) atoms. The summed E-state index contributed by atoms with van der Waals surface area (Å²) in [6, 6.07) is 13.5. The maximum atomic E-state index is 13.4. The van der Waals surface area contributed by atoms with E-state index in [9.17, 15) is 14.4 Å². The van der Waals surface area contributed by atoms with E-state index < -0.39 is 0 Å². The number of benzene rings is 2. The molecule has 4 rings (SSSR count). The number of nitrogens with one attached hydrogen (secondary N) is 1. The molecule has 0 spiro atoms. The van der Waals surface area contributed by atoms with E-state index in [-0.39, 0.29) is 36.7 Å². The molecule has 1 fully saturated rings. The molecule has 180 valence electrons. The molecule has 2 aliphatic rings. The summed E-state index contributed by atoms with van der Waals surface area (Å²) in [5.74, 6) is 0.630. The molecule has 0 aromatic heterocycles. The van der Waals surface area contributed by atoms with Crippen molar-refractivity contribution in [2.24, 2.45) is 0 Å². The van der Waals surface area contributed by atoms with Gasteiger partial charge in [-0.1, -0.05) is 24.3 Å². The van der Waals surface area contributed by atoms with E-state index in [4.69, 9.17) is 4.74 Å². The van der Waals surface area contributed by atoms with Gasteiger partial charge in [-0.15, -0.1) is 0 Å². The fourth-order valence-corrected chi connectivity index (χ4v) is 4.66. The molecule has 1 N–H and O–H groups in total. The van der Waals surface area contributed by atoms with Crippen LogP contribution in [-0.2, 0) is 27.2 Å². The van der Waals surface area contributed by atoms with Crippen LogP contribution in [0.25, 0.3) is 0 Å². The van der Waals surface area contributed by atoms with Crippen molar-refractivity contribution in [2.75, 3.05) is 38.6 Å². The third kappa shape index (κ3) is 6.03. The lowest BCUT2D eigenvalue weighted by molar-refractivity contribution is -0.131. The van der Waals surface area contributed by atoms with Gasteiger partial charge < -0.3 is 19.9 Å². The van der Waals surface area contributed by atoms with Gasteiger partial charge >= 0.3 is 0 Å². The molecule has 0 bridgehead atoms. The van der Waals surface area contributed by atoms with Crippen molar-refractivity contribution in [1.82, 2.24) is 9.80 Å². The van der Waals surface area contributed by atoms with Gasteiger partial charge in [0, 0.05) is 25.7 Å². The number of anilines is 1. The van der Waals surface area contributed by atoms with Crippen LogP contribution in [-0.4, -0.2) is 60.7 Å². The van der Waals surface area contributed by atoms with Gasteiger partial charge in [-0.25, -0.2) is 0 Å². The predicted molar refractivity (Wildman–Crippen MR) is 131 cm³/mol. The van der Waals surface area contributed by atoms with E-state index in [1.807, 2.05) is 54.4 Å². The van der Waals surface area contributed by atoms with E-state index in [1.165, 1.54) is 19.8 Å². The van der Waals surface area contributed by atoms with Gasteiger partial charge in [0.2, 0.25) is 11.8 Å². The van der Waals surface area contributed by atoms with Crippen molar-refractivity contribution < 1.29 is 19.1 Å². The van der Waals surface area contributed by atoms with E-state index in [1.54, 1.807) is 0 Å². The topological polar surface area (TPSA) is 79.0 Å².